The average Bonchev–Trinajstić information content (AvgIpc) is 3.06. The van der Waals surface area contributed by atoms with Crippen molar-refractivity contribution < 1.29 is 9.53 Å². The summed E-state index contributed by atoms with van der Waals surface area (Å²) < 4.78 is 8.22. The molecule has 0 spiro atoms. The molecule has 0 radical (unpaired) electrons. The molecule has 28 heavy (non-hydrogen) atoms. The fourth-order valence-electron chi connectivity index (χ4n) is 3.17. The molecule has 2 aromatic carbocycles. The van der Waals surface area contributed by atoms with E-state index in [0.29, 0.717) is 24.7 Å². The molecule has 0 aliphatic heterocycles. The summed E-state index contributed by atoms with van der Waals surface area (Å²) in [5.41, 5.74) is 2.84. The second-order valence-electron chi connectivity index (χ2n) is 7.73. The second kappa shape index (κ2) is 8.96. The van der Waals surface area contributed by atoms with Crippen LogP contribution in [0.5, 0.6) is 5.75 Å². The Balaban J connectivity index is 2.06. The van der Waals surface area contributed by atoms with Gasteiger partial charge in [0.1, 0.15) is 11.4 Å². The Morgan fingerprint density at radius 2 is 1.82 bits per heavy atom. The molecule has 1 heterocycles. The van der Waals surface area contributed by atoms with Crippen molar-refractivity contribution >= 4 is 16.8 Å². The van der Waals surface area contributed by atoms with Crippen molar-refractivity contribution in [2.24, 2.45) is 5.92 Å². The van der Waals surface area contributed by atoms with Crippen LogP contribution in [0.3, 0.4) is 0 Å². The first-order chi connectivity index (χ1) is 13.5. The van der Waals surface area contributed by atoms with E-state index >= 15 is 0 Å². The van der Waals surface area contributed by atoms with Gasteiger partial charge in [-0.1, -0.05) is 57.2 Å². The number of rotatable bonds is 8. The predicted molar refractivity (Wildman–Crippen MR) is 115 cm³/mol. The number of amides is 1. The van der Waals surface area contributed by atoms with Crippen molar-refractivity contribution in [2.45, 2.75) is 46.8 Å². The van der Waals surface area contributed by atoms with E-state index in [2.05, 4.69) is 55.8 Å². The number of hydrogen-bond donors (Lipinski definition) is 1. The highest BCUT2D eigenvalue weighted by atomic mass is 16.5. The zero-order valence-corrected chi connectivity index (χ0v) is 17.2. The number of nitrogens with one attached hydrogen (secondary N) is 1. The summed E-state index contributed by atoms with van der Waals surface area (Å²) in [6.07, 6.45) is 1.06. The highest BCUT2D eigenvalue weighted by Crippen LogP contribution is 2.31. The molecule has 1 atom stereocenters. The third-order valence-electron chi connectivity index (χ3n) is 4.90. The Kier molecular flexibility index (Phi) is 6.40. The van der Waals surface area contributed by atoms with Gasteiger partial charge in [0.05, 0.1) is 11.6 Å². The van der Waals surface area contributed by atoms with Crippen molar-refractivity contribution in [1.82, 2.24) is 9.88 Å². The number of hydrogen-bond acceptors (Lipinski definition) is 2. The third kappa shape index (κ3) is 4.56. The lowest BCUT2D eigenvalue weighted by molar-refractivity contribution is 0.0940. The Morgan fingerprint density at radius 3 is 2.50 bits per heavy atom. The lowest BCUT2D eigenvalue weighted by Gasteiger charge is -2.14. The average molecular weight is 379 g/mol. The van der Waals surface area contributed by atoms with E-state index in [1.807, 2.05) is 36.4 Å². The maximum atomic E-state index is 12.9. The zero-order chi connectivity index (χ0) is 20.1. The van der Waals surface area contributed by atoms with Gasteiger partial charge in [-0.2, -0.15) is 0 Å². The first-order valence-corrected chi connectivity index (χ1v) is 10.1. The van der Waals surface area contributed by atoms with E-state index < -0.39 is 0 Å². The Morgan fingerprint density at radius 1 is 1.07 bits per heavy atom. The Hall–Kier alpha value is -2.75. The SMILES string of the molecule is CCC(C)Oc1cccc2c1cc(C(=O)NCC(C)C)n2Cc1ccccc1. The molecule has 0 bridgehead atoms. The third-order valence-corrected chi connectivity index (χ3v) is 4.90. The summed E-state index contributed by atoms with van der Waals surface area (Å²) in [4.78, 5) is 12.9. The van der Waals surface area contributed by atoms with Crippen molar-refractivity contribution in [3.05, 3.63) is 65.9 Å². The zero-order valence-electron chi connectivity index (χ0n) is 17.2. The van der Waals surface area contributed by atoms with Crippen LogP contribution in [0.2, 0.25) is 0 Å². The van der Waals surface area contributed by atoms with E-state index in [1.165, 1.54) is 0 Å². The van der Waals surface area contributed by atoms with Gasteiger partial charge in [0, 0.05) is 18.5 Å². The van der Waals surface area contributed by atoms with Crippen molar-refractivity contribution in [3.63, 3.8) is 0 Å². The molecular formula is C24H30N2O2. The van der Waals surface area contributed by atoms with Crippen LogP contribution >= 0.6 is 0 Å². The minimum Gasteiger partial charge on any atom is -0.490 e. The number of carbonyl (C=O) groups excluding carboxylic acids is 1. The first kappa shape index (κ1) is 20.0. The molecule has 4 heteroatoms. The van der Waals surface area contributed by atoms with E-state index in [0.717, 1.165) is 28.6 Å². The van der Waals surface area contributed by atoms with Crippen molar-refractivity contribution in [3.8, 4) is 5.75 Å². The molecule has 1 unspecified atom stereocenters. The number of ether oxygens (including phenoxy) is 1. The molecule has 4 nitrogen and oxygen atoms in total. The summed E-state index contributed by atoms with van der Waals surface area (Å²) in [5, 5.41) is 4.04. The number of carbonyl (C=O) groups is 1. The van der Waals surface area contributed by atoms with E-state index in [4.69, 9.17) is 4.74 Å². The predicted octanol–water partition coefficient (Wildman–Crippen LogP) is 5.25. The first-order valence-electron chi connectivity index (χ1n) is 10.1. The normalized spacial score (nSPS) is 12.3. The summed E-state index contributed by atoms with van der Waals surface area (Å²) in [6.45, 7) is 9.66. The van der Waals surface area contributed by atoms with E-state index in [9.17, 15) is 4.79 Å². The van der Waals surface area contributed by atoms with Gasteiger partial charge in [-0.25, -0.2) is 0 Å². The van der Waals surface area contributed by atoms with Crippen LogP contribution in [0.4, 0.5) is 0 Å². The number of benzene rings is 2. The minimum atomic E-state index is -0.0460. The van der Waals surface area contributed by atoms with Gasteiger partial charge in [-0.05, 0) is 43.0 Å². The highest BCUT2D eigenvalue weighted by Gasteiger charge is 2.19. The van der Waals surface area contributed by atoms with Crippen LogP contribution in [0.1, 0.15) is 50.2 Å². The van der Waals surface area contributed by atoms with Gasteiger partial charge in [-0.3, -0.25) is 4.79 Å². The topological polar surface area (TPSA) is 43.3 Å². The van der Waals surface area contributed by atoms with E-state index in [-0.39, 0.29) is 12.0 Å². The number of nitrogens with zero attached hydrogens (tertiary/aromatic N) is 1. The van der Waals surface area contributed by atoms with Crippen molar-refractivity contribution in [2.75, 3.05) is 6.54 Å². The van der Waals surface area contributed by atoms with Crippen molar-refractivity contribution in [1.29, 1.82) is 0 Å². The molecule has 0 fully saturated rings. The molecule has 3 aromatic rings. The van der Waals surface area contributed by atoms with Gasteiger partial charge < -0.3 is 14.6 Å². The maximum absolute atomic E-state index is 12.9. The maximum Gasteiger partial charge on any atom is 0.267 e. The summed E-state index contributed by atoms with van der Waals surface area (Å²) in [6, 6.07) is 18.2. The van der Waals surface area contributed by atoms with Gasteiger partial charge >= 0.3 is 0 Å². The lowest BCUT2D eigenvalue weighted by atomic mass is 10.2. The molecule has 0 saturated heterocycles. The van der Waals surface area contributed by atoms with Crippen LogP contribution in [0, 0.1) is 5.92 Å². The van der Waals surface area contributed by atoms with Gasteiger partial charge in [0.2, 0.25) is 0 Å². The number of aromatic nitrogens is 1. The molecule has 3 rings (SSSR count). The van der Waals surface area contributed by atoms with Gasteiger partial charge in [0.25, 0.3) is 5.91 Å². The lowest BCUT2D eigenvalue weighted by Crippen LogP contribution is -2.29. The second-order valence-corrected chi connectivity index (χ2v) is 7.73. The molecule has 1 N–H and O–H groups in total. The Labute approximate surface area is 167 Å². The fraction of sp³-hybridized carbons (Fsp3) is 0.375. The largest absolute Gasteiger partial charge is 0.490 e. The fourth-order valence-corrected chi connectivity index (χ4v) is 3.17. The summed E-state index contributed by atoms with van der Waals surface area (Å²) in [7, 11) is 0. The van der Waals surface area contributed by atoms with Crippen LogP contribution < -0.4 is 10.1 Å². The Bertz CT molecular complexity index is 928. The van der Waals surface area contributed by atoms with Gasteiger partial charge in [0.15, 0.2) is 0 Å². The molecule has 0 aliphatic rings. The standard InChI is InChI=1S/C24H30N2O2/c1-5-18(4)28-23-13-9-12-21-20(23)14-22(24(27)25-15-17(2)3)26(21)16-19-10-7-6-8-11-19/h6-14,17-18H,5,15-16H2,1-4H3,(H,25,27). The molecule has 0 aliphatic carbocycles. The molecular weight excluding hydrogens is 348 g/mol. The number of fused-ring (bicyclic) bond motifs is 1. The molecule has 148 valence electrons. The molecule has 0 saturated carbocycles. The van der Waals surface area contributed by atoms with Gasteiger partial charge in [-0.15, -0.1) is 0 Å². The molecule has 1 amide bonds. The summed E-state index contributed by atoms with van der Waals surface area (Å²) in [5.74, 6) is 1.19. The van der Waals surface area contributed by atoms with Crippen LogP contribution in [0.25, 0.3) is 10.9 Å². The highest BCUT2D eigenvalue weighted by molar-refractivity contribution is 6.00. The quantitative estimate of drug-likeness (QED) is 0.581. The van der Waals surface area contributed by atoms with Crippen LogP contribution in [-0.2, 0) is 6.54 Å². The monoisotopic (exact) mass is 378 g/mol. The molecule has 1 aromatic heterocycles. The summed E-state index contributed by atoms with van der Waals surface area (Å²) >= 11 is 0. The smallest absolute Gasteiger partial charge is 0.267 e. The van der Waals surface area contributed by atoms with E-state index in [1.54, 1.807) is 0 Å². The van der Waals surface area contributed by atoms with Crippen LogP contribution in [-0.4, -0.2) is 23.1 Å². The van der Waals surface area contributed by atoms with Crippen LogP contribution in [0.15, 0.2) is 54.6 Å². The minimum absolute atomic E-state index is 0.0460.